The summed E-state index contributed by atoms with van der Waals surface area (Å²) in [6.07, 6.45) is 2.34. The molecular formula is C59H49BN2O. The summed E-state index contributed by atoms with van der Waals surface area (Å²) in [6.45, 7) is 14.6. The summed E-state index contributed by atoms with van der Waals surface area (Å²) >= 11 is 0. The van der Waals surface area contributed by atoms with Gasteiger partial charge < -0.3 is 14.1 Å². The number of anilines is 5. The first-order valence-electron chi connectivity index (χ1n) is 22.8. The standard InChI is InChI=1S/C59H49BN2O/c1-57(2)28-29-58(3,4)47-35-51-48(34-46(47)57)59(5,6)45-24-17-25-49-54(45)61(51)55-53-43(33-44-42-23-14-16-27-52(42)63-56(44)55)41-22-13-15-26-50(41)62(60(49)53)40-31-38(36-18-9-7-10-19-36)30-39(32-40)37-20-11-8-12-21-37/h7-27,30-35H,28-29H2,1-6H3. The van der Waals surface area contributed by atoms with Crippen molar-refractivity contribution in [2.24, 2.45) is 0 Å². The number of benzene rings is 8. The van der Waals surface area contributed by atoms with Gasteiger partial charge in [0.1, 0.15) is 5.58 Å². The van der Waals surface area contributed by atoms with E-state index in [1.165, 1.54) is 90.0 Å². The first kappa shape index (κ1) is 36.8. The number of fused-ring (bicyclic) bond motifs is 11. The number of para-hydroxylation sites is 3. The van der Waals surface area contributed by atoms with E-state index in [0.717, 1.165) is 39.7 Å². The maximum atomic E-state index is 7.21. The van der Waals surface area contributed by atoms with Gasteiger partial charge in [0.05, 0.1) is 11.4 Å². The Hall–Kier alpha value is -6.78. The molecule has 8 aromatic carbocycles. The molecule has 0 amide bonds. The summed E-state index contributed by atoms with van der Waals surface area (Å²) in [5.74, 6) is 0. The van der Waals surface area contributed by atoms with Gasteiger partial charge in [0.25, 0.3) is 0 Å². The van der Waals surface area contributed by atoms with Gasteiger partial charge in [-0.25, -0.2) is 0 Å². The van der Waals surface area contributed by atoms with Crippen LogP contribution in [0.2, 0.25) is 0 Å². The lowest BCUT2D eigenvalue weighted by atomic mass is 9.42. The first-order chi connectivity index (χ1) is 30.5. The topological polar surface area (TPSA) is 19.6 Å². The van der Waals surface area contributed by atoms with Gasteiger partial charge in [-0.2, -0.15) is 0 Å². The van der Waals surface area contributed by atoms with E-state index in [1.54, 1.807) is 0 Å². The summed E-state index contributed by atoms with van der Waals surface area (Å²) in [7, 11) is 0. The van der Waals surface area contributed by atoms with Gasteiger partial charge in [0.2, 0.25) is 0 Å². The molecule has 0 spiro atoms. The molecule has 4 aliphatic rings. The van der Waals surface area contributed by atoms with Crippen molar-refractivity contribution in [3.63, 3.8) is 0 Å². The second-order valence-electron chi connectivity index (χ2n) is 20.3. The van der Waals surface area contributed by atoms with Crippen LogP contribution >= 0.6 is 0 Å². The molecule has 4 heteroatoms. The largest absolute Gasteiger partial charge is 0.454 e. The van der Waals surface area contributed by atoms with Crippen LogP contribution in [0.1, 0.15) is 76.6 Å². The van der Waals surface area contributed by atoms with Crippen molar-refractivity contribution >= 4 is 68.1 Å². The molecular weight excluding hydrogens is 763 g/mol. The minimum absolute atomic E-state index is 0.0446. The lowest BCUT2D eigenvalue weighted by molar-refractivity contribution is 0.331. The Morgan fingerprint density at radius 3 is 1.83 bits per heavy atom. The van der Waals surface area contributed by atoms with Crippen LogP contribution in [0.15, 0.2) is 168 Å². The SMILES string of the molecule is CC1(C)CCC(C)(C)c2cc3c(cc21)N1c2c(cccc2C3(C)C)B2c3c(cc4c(oc5ccccc54)c31)-c1ccccc1N2c1cc(-c2ccccc2)cc(-c2ccccc2)c1. The van der Waals surface area contributed by atoms with Gasteiger partial charge in [-0.3, -0.25) is 0 Å². The zero-order valence-corrected chi connectivity index (χ0v) is 36.9. The summed E-state index contributed by atoms with van der Waals surface area (Å²) in [4.78, 5) is 5.31. The molecule has 4 heterocycles. The Kier molecular flexibility index (Phi) is 7.41. The van der Waals surface area contributed by atoms with Crippen LogP contribution in [0.25, 0.3) is 55.3 Å². The maximum Gasteiger partial charge on any atom is 0.333 e. The van der Waals surface area contributed by atoms with E-state index in [-0.39, 0.29) is 23.1 Å². The lowest BCUT2D eigenvalue weighted by Gasteiger charge is -2.51. The van der Waals surface area contributed by atoms with E-state index in [4.69, 9.17) is 4.42 Å². The Morgan fingerprint density at radius 1 is 0.476 bits per heavy atom. The second-order valence-corrected chi connectivity index (χ2v) is 20.3. The van der Waals surface area contributed by atoms with Crippen LogP contribution < -0.4 is 20.6 Å². The predicted octanol–water partition coefficient (Wildman–Crippen LogP) is 14.6. The number of rotatable bonds is 3. The molecule has 0 unspecified atom stereocenters. The lowest BCUT2D eigenvalue weighted by Crippen LogP contribution is -2.62. The molecule has 3 nitrogen and oxygen atoms in total. The van der Waals surface area contributed by atoms with Crippen molar-refractivity contribution in [3.05, 3.63) is 186 Å². The average molecular weight is 813 g/mol. The van der Waals surface area contributed by atoms with Gasteiger partial charge in [0.15, 0.2) is 5.58 Å². The minimum Gasteiger partial charge on any atom is -0.454 e. The quantitative estimate of drug-likeness (QED) is 0.166. The van der Waals surface area contributed by atoms with E-state index < -0.39 is 0 Å². The predicted molar refractivity (Wildman–Crippen MR) is 266 cm³/mol. The molecule has 0 bridgehead atoms. The molecule has 0 saturated heterocycles. The van der Waals surface area contributed by atoms with Crippen molar-refractivity contribution in [1.29, 1.82) is 0 Å². The van der Waals surface area contributed by atoms with Crippen LogP contribution in [-0.4, -0.2) is 6.85 Å². The number of nitrogens with zero attached hydrogens (tertiary/aromatic N) is 2. The maximum absolute atomic E-state index is 7.21. The van der Waals surface area contributed by atoms with Crippen molar-refractivity contribution in [1.82, 2.24) is 0 Å². The van der Waals surface area contributed by atoms with Gasteiger partial charge in [0, 0.05) is 38.8 Å². The fraction of sp³-hybridized carbons (Fsp3) is 0.186. The van der Waals surface area contributed by atoms with Crippen molar-refractivity contribution in [3.8, 4) is 33.4 Å². The number of furan rings is 1. The monoisotopic (exact) mass is 812 g/mol. The molecule has 304 valence electrons. The zero-order valence-electron chi connectivity index (χ0n) is 36.9. The fourth-order valence-corrected chi connectivity index (χ4v) is 12.0. The Bertz CT molecular complexity index is 3340. The van der Waals surface area contributed by atoms with Gasteiger partial charge in [-0.1, -0.05) is 163 Å². The zero-order chi connectivity index (χ0) is 42.6. The summed E-state index contributed by atoms with van der Waals surface area (Å²) in [5.41, 5.74) is 23.4. The van der Waals surface area contributed by atoms with E-state index in [0.29, 0.717) is 0 Å². The van der Waals surface area contributed by atoms with Crippen molar-refractivity contribution < 1.29 is 4.42 Å². The van der Waals surface area contributed by atoms with Crippen LogP contribution in [0.5, 0.6) is 0 Å². The molecule has 63 heavy (non-hydrogen) atoms. The van der Waals surface area contributed by atoms with Crippen LogP contribution in [0, 0.1) is 0 Å². The third kappa shape index (κ3) is 5.04. The van der Waals surface area contributed by atoms with E-state index >= 15 is 0 Å². The molecule has 3 aliphatic heterocycles. The molecule has 0 saturated carbocycles. The highest BCUT2D eigenvalue weighted by atomic mass is 16.3. The van der Waals surface area contributed by atoms with Crippen LogP contribution in [0.4, 0.5) is 28.4 Å². The highest BCUT2D eigenvalue weighted by Crippen LogP contribution is 2.59. The molecule has 0 atom stereocenters. The van der Waals surface area contributed by atoms with Gasteiger partial charge in [-0.05, 0) is 127 Å². The van der Waals surface area contributed by atoms with Crippen molar-refractivity contribution in [2.45, 2.75) is 70.6 Å². The second kappa shape index (κ2) is 12.7. The summed E-state index contributed by atoms with van der Waals surface area (Å²) in [6, 6.07) is 61.4. The Morgan fingerprint density at radius 2 is 1.11 bits per heavy atom. The number of hydrogen-bond acceptors (Lipinski definition) is 3. The summed E-state index contributed by atoms with van der Waals surface area (Å²) in [5, 5.41) is 2.31. The minimum atomic E-state index is -0.267. The highest BCUT2D eigenvalue weighted by Gasteiger charge is 2.52. The van der Waals surface area contributed by atoms with Gasteiger partial charge >= 0.3 is 6.85 Å². The third-order valence-electron chi connectivity index (χ3n) is 15.4. The van der Waals surface area contributed by atoms with Crippen LogP contribution in [-0.2, 0) is 16.2 Å². The van der Waals surface area contributed by atoms with Crippen LogP contribution in [0.3, 0.4) is 0 Å². The van der Waals surface area contributed by atoms with Gasteiger partial charge in [-0.15, -0.1) is 0 Å². The highest BCUT2D eigenvalue weighted by molar-refractivity contribution is 6.94. The summed E-state index contributed by atoms with van der Waals surface area (Å²) < 4.78 is 7.21. The molecule has 0 N–H and O–H groups in total. The third-order valence-corrected chi connectivity index (χ3v) is 15.4. The smallest absolute Gasteiger partial charge is 0.333 e. The Labute approximate surface area is 370 Å². The first-order valence-corrected chi connectivity index (χ1v) is 22.8. The molecule has 0 fully saturated rings. The fourth-order valence-electron chi connectivity index (χ4n) is 12.0. The molecule has 13 rings (SSSR count). The molecule has 9 aromatic rings. The normalized spacial score (nSPS) is 16.9. The van der Waals surface area contributed by atoms with Crippen molar-refractivity contribution in [2.75, 3.05) is 9.71 Å². The van der Waals surface area contributed by atoms with E-state index in [1.807, 2.05) is 0 Å². The number of hydrogen-bond donors (Lipinski definition) is 0. The molecule has 1 aliphatic carbocycles. The molecule has 0 radical (unpaired) electrons. The van der Waals surface area contributed by atoms with E-state index in [9.17, 15) is 0 Å². The average Bonchev–Trinajstić information content (AvgIpc) is 3.68. The Balaban J connectivity index is 1.18. The molecule has 1 aromatic heterocycles. The van der Waals surface area contributed by atoms with E-state index in [2.05, 4.69) is 215 Å².